The predicted octanol–water partition coefficient (Wildman–Crippen LogP) is 2.26. The molecule has 1 rings (SSSR count). The molecule has 2 amide bonds. The number of nitrogens with one attached hydrogen (secondary N) is 1. The third-order valence-electron chi connectivity index (χ3n) is 4.10. The highest BCUT2D eigenvalue weighted by atomic mass is 16.5. The smallest absolute Gasteiger partial charge is 0.407 e. The van der Waals surface area contributed by atoms with Crippen molar-refractivity contribution in [3.63, 3.8) is 0 Å². The quantitative estimate of drug-likeness (QED) is 0.861. The highest BCUT2D eigenvalue weighted by Crippen LogP contribution is 2.24. The van der Waals surface area contributed by atoms with Crippen LogP contribution in [0.4, 0.5) is 4.79 Å². The van der Waals surface area contributed by atoms with Crippen LogP contribution < -0.4 is 5.32 Å². The van der Waals surface area contributed by atoms with Crippen molar-refractivity contribution < 1.29 is 14.3 Å². The number of alkyl carbamates (subject to hydrolysis) is 1. The number of methoxy groups -OCH3 is 1. The van der Waals surface area contributed by atoms with Crippen molar-refractivity contribution in [3.8, 4) is 0 Å². The fraction of sp³-hybridized carbons (Fsp3) is 0.867. The van der Waals surface area contributed by atoms with E-state index in [9.17, 15) is 9.59 Å². The molecule has 0 unspecified atom stereocenters. The lowest BCUT2D eigenvalue weighted by atomic mass is 9.87. The summed E-state index contributed by atoms with van der Waals surface area (Å²) in [6.45, 7) is 9.85. The Morgan fingerprint density at radius 1 is 1.25 bits per heavy atom. The van der Waals surface area contributed by atoms with E-state index in [4.69, 9.17) is 0 Å². The summed E-state index contributed by atoms with van der Waals surface area (Å²) in [7, 11) is 1.31. The van der Waals surface area contributed by atoms with Crippen molar-refractivity contribution in [2.75, 3.05) is 20.2 Å². The van der Waals surface area contributed by atoms with Gasteiger partial charge in [0.2, 0.25) is 5.91 Å². The molecule has 20 heavy (non-hydrogen) atoms. The van der Waals surface area contributed by atoms with E-state index >= 15 is 0 Å². The fourth-order valence-electron chi connectivity index (χ4n) is 2.65. The second-order valence-electron chi connectivity index (χ2n) is 6.29. The van der Waals surface area contributed by atoms with E-state index in [-0.39, 0.29) is 11.8 Å². The van der Waals surface area contributed by atoms with Gasteiger partial charge in [-0.05, 0) is 30.6 Å². The lowest BCUT2D eigenvalue weighted by Gasteiger charge is -2.37. The third-order valence-corrected chi connectivity index (χ3v) is 4.10. The SMILES string of the molecule is COC(=O)N[C@H](C(=O)N1CCC[C@H](C(C)C)C1)C(C)C. The Bertz CT molecular complexity index is 342. The maximum atomic E-state index is 12.6. The molecular formula is C15H28N2O3. The minimum atomic E-state index is -0.547. The summed E-state index contributed by atoms with van der Waals surface area (Å²) >= 11 is 0. The van der Waals surface area contributed by atoms with Gasteiger partial charge in [-0.15, -0.1) is 0 Å². The van der Waals surface area contributed by atoms with E-state index in [1.54, 1.807) is 0 Å². The fourth-order valence-corrected chi connectivity index (χ4v) is 2.65. The number of amides is 2. The molecule has 0 spiro atoms. The molecule has 1 aliphatic heterocycles. The Balaban J connectivity index is 2.71. The summed E-state index contributed by atoms with van der Waals surface area (Å²) in [5.74, 6) is 1.19. The summed E-state index contributed by atoms with van der Waals surface area (Å²) in [6, 6.07) is -0.506. The van der Waals surface area contributed by atoms with Crippen molar-refractivity contribution >= 4 is 12.0 Å². The number of hydrogen-bond donors (Lipinski definition) is 1. The number of carbonyl (C=O) groups is 2. The van der Waals surface area contributed by atoms with Crippen LogP contribution in [0.1, 0.15) is 40.5 Å². The van der Waals surface area contributed by atoms with E-state index < -0.39 is 12.1 Å². The van der Waals surface area contributed by atoms with Crippen LogP contribution in [0.15, 0.2) is 0 Å². The Morgan fingerprint density at radius 2 is 1.90 bits per heavy atom. The van der Waals surface area contributed by atoms with Crippen LogP contribution in [0.2, 0.25) is 0 Å². The van der Waals surface area contributed by atoms with E-state index in [2.05, 4.69) is 23.9 Å². The molecule has 0 saturated carbocycles. The number of piperidine rings is 1. The Morgan fingerprint density at radius 3 is 2.40 bits per heavy atom. The topological polar surface area (TPSA) is 58.6 Å². The van der Waals surface area contributed by atoms with Gasteiger partial charge < -0.3 is 15.0 Å². The van der Waals surface area contributed by atoms with Gasteiger partial charge in [-0.3, -0.25) is 4.79 Å². The molecular weight excluding hydrogens is 256 g/mol. The Kier molecular flexibility index (Phi) is 6.30. The lowest BCUT2D eigenvalue weighted by molar-refractivity contribution is -0.136. The molecule has 0 aromatic rings. The van der Waals surface area contributed by atoms with E-state index in [1.165, 1.54) is 13.5 Å². The maximum Gasteiger partial charge on any atom is 0.407 e. The zero-order valence-electron chi connectivity index (χ0n) is 13.3. The third kappa shape index (κ3) is 4.39. The normalized spacial score (nSPS) is 20.9. The van der Waals surface area contributed by atoms with Crippen LogP contribution in [0.5, 0.6) is 0 Å². The molecule has 0 radical (unpaired) electrons. The highest BCUT2D eigenvalue weighted by Gasteiger charge is 2.32. The molecule has 5 heteroatoms. The zero-order valence-corrected chi connectivity index (χ0v) is 13.3. The minimum Gasteiger partial charge on any atom is -0.453 e. The molecule has 1 aliphatic rings. The largest absolute Gasteiger partial charge is 0.453 e. The predicted molar refractivity (Wildman–Crippen MR) is 78.3 cm³/mol. The van der Waals surface area contributed by atoms with Crippen LogP contribution in [0.25, 0.3) is 0 Å². The molecule has 1 N–H and O–H groups in total. The van der Waals surface area contributed by atoms with Crippen LogP contribution in [-0.2, 0) is 9.53 Å². The molecule has 5 nitrogen and oxygen atoms in total. The summed E-state index contributed by atoms with van der Waals surface area (Å²) < 4.78 is 4.61. The van der Waals surface area contributed by atoms with Gasteiger partial charge in [-0.1, -0.05) is 27.7 Å². The lowest BCUT2D eigenvalue weighted by Crippen LogP contribution is -2.53. The molecule has 0 aromatic carbocycles. The van der Waals surface area contributed by atoms with Crippen molar-refractivity contribution in [1.82, 2.24) is 10.2 Å². The number of hydrogen-bond acceptors (Lipinski definition) is 3. The van der Waals surface area contributed by atoms with Crippen LogP contribution in [0.3, 0.4) is 0 Å². The van der Waals surface area contributed by atoms with E-state index in [0.717, 1.165) is 19.5 Å². The second kappa shape index (κ2) is 7.50. The summed E-state index contributed by atoms with van der Waals surface area (Å²) in [5.41, 5.74) is 0. The van der Waals surface area contributed by atoms with Gasteiger partial charge in [0.1, 0.15) is 6.04 Å². The zero-order chi connectivity index (χ0) is 15.3. The molecule has 116 valence electrons. The molecule has 0 bridgehead atoms. The van der Waals surface area contributed by atoms with Crippen LogP contribution in [-0.4, -0.2) is 43.1 Å². The number of rotatable bonds is 4. The second-order valence-corrected chi connectivity index (χ2v) is 6.29. The van der Waals surface area contributed by atoms with Crippen molar-refractivity contribution in [1.29, 1.82) is 0 Å². The molecule has 0 aromatic heterocycles. The Hall–Kier alpha value is -1.26. The first kappa shape index (κ1) is 16.8. The van der Waals surface area contributed by atoms with Gasteiger partial charge in [-0.25, -0.2) is 4.79 Å². The Labute approximate surface area is 122 Å². The first-order chi connectivity index (χ1) is 9.36. The summed E-state index contributed by atoms with van der Waals surface area (Å²) in [4.78, 5) is 25.9. The first-order valence-corrected chi connectivity index (χ1v) is 7.50. The highest BCUT2D eigenvalue weighted by molar-refractivity contribution is 5.86. The molecule has 0 aliphatic carbocycles. The number of likely N-dealkylation sites (tertiary alicyclic amines) is 1. The van der Waals surface area contributed by atoms with Crippen molar-refractivity contribution in [3.05, 3.63) is 0 Å². The van der Waals surface area contributed by atoms with Gasteiger partial charge in [0.05, 0.1) is 7.11 Å². The average molecular weight is 284 g/mol. The first-order valence-electron chi connectivity index (χ1n) is 7.50. The van der Waals surface area contributed by atoms with Crippen LogP contribution in [0, 0.1) is 17.8 Å². The van der Waals surface area contributed by atoms with Gasteiger partial charge in [-0.2, -0.15) is 0 Å². The van der Waals surface area contributed by atoms with Gasteiger partial charge >= 0.3 is 6.09 Å². The molecule has 1 heterocycles. The monoisotopic (exact) mass is 284 g/mol. The van der Waals surface area contributed by atoms with Gasteiger partial charge in [0.15, 0.2) is 0 Å². The van der Waals surface area contributed by atoms with E-state index in [0.29, 0.717) is 11.8 Å². The summed E-state index contributed by atoms with van der Waals surface area (Å²) in [6.07, 6.45) is 1.67. The number of carbonyl (C=O) groups excluding carboxylic acids is 2. The number of nitrogens with zero attached hydrogens (tertiary/aromatic N) is 1. The van der Waals surface area contributed by atoms with Gasteiger partial charge in [0, 0.05) is 13.1 Å². The average Bonchev–Trinajstić information content (AvgIpc) is 2.43. The van der Waals surface area contributed by atoms with Crippen molar-refractivity contribution in [2.45, 2.75) is 46.6 Å². The summed E-state index contributed by atoms with van der Waals surface area (Å²) in [5, 5.41) is 2.65. The number of ether oxygens (including phenoxy) is 1. The molecule has 2 atom stereocenters. The standard InChI is InChI=1S/C15H28N2O3/c1-10(2)12-7-6-8-17(9-12)14(18)13(11(3)4)16-15(19)20-5/h10-13H,6-9H2,1-5H3,(H,16,19)/t12-,13-/m0/s1. The van der Waals surface area contributed by atoms with Crippen LogP contribution >= 0.6 is 0 Å². The maximum absolute atomic E-state index is 12.6. The van der Waals surface area contributed by atoms with Gasteiger partial charge in [0.25, 0.3) is 0 Å². The molecule has 1 saturated heterocycles. The van der Waals surface area contributed by atoms with Crippen molar-refractivity contribution in [2.24, 2.45) is 17.8 Å². The minimum absolute atomic E-state index is 0.00995. The molecule has 1 fully saturated rings. The van der Waals surface area contributed by atoms with E-state index in [1.807, 2.05) is 18.7 Å².